The third-order valence-corrected chi connectivity index (χ3v) is 4.54. The zero-order valence-corrected chi connectivity index (χ0v) is 17.3. The maximum atomic E-state index is 13.0. The molecule has 1 aromatic carbocycles. The summed E-state index contributed by atoms with van der Waals surface area (Å²) in [4.78, 5) is 36.6. The van der Waals surface area contributed by atoms with Crippen molar-refractivity contribution in [1.82, 2.24) is 15.1 Å². The van der Waals surface area contributed by atoms with Crippen LogP contribution in [-0.2, 0) is 19.1 Å². The Balaban J connectivity index is 0.00000320. The molecule has 30 heavy (non-hydrogen) atoms. The molecule has 1 aromatic heterocycles. The van der Waals surface area contributed by atoms with E-state index >= 15 is 0 Å². The van der Waals surface area contributed by atoms with Gasteiger partial charge >= 0.3 is 0 Å². The topological polar surface area (TPSA) is 138 Å². The van der Waals surface area contributed by atoms with E-state index in [1.807, 2.05) is 6.07 Å². The van der Waals surface area contributed by atoms with Gasteiger partial charge in [-0.2, -0.15) is 5.10 Å². The van der Waals surface area contributed by atoms with Gasteiger partial charge < -0.3 is 20.5 Å². The molecule has 0 aliphatic carbocycles. The summed E-state index contributed by atoms with van der Waals surface area (Å²) in [5.41, 5.74) is 5.60. The first kappa shape index (κ1) is 23.7. The number of nitrogens with one attached hydrogen (secondary N) is 2. The van der Waals surface area contributed by atoms with E-state index in [-0.39, 0.29) is 36.7 Å². The summed E-state index contributed by atoms with van der Waals surface area (Å²) in [6.07, 6.45) is 1.98. The zero-order chi connectivity index (χ0) is 20.6. The van der Waals surface area contributed by atoms with Gasteiger partial charge in [0.25, 0.3) is 11.5 Å². The number of aromatic nitrogens is 2. The lowest BCUT2D eigenvalue weighted by molar-refractivity contribution is -0.136. The minimum absolute atomic E-state index is 0. The summed E-state index contributed by atoms with van der Waals surface area (Å²) < 4.78 is 11.9. The number of hydrogen-bond acceptors (Lipinski definition) is 8. The fourth-order valence-electron chi connectivity index (χ4n) is 3.16. The number of nitrogens with two attached hydrogens (primary N) is 1. The van der Waals surface area contributed by atoms with Crippen LogP contribution in [0.25, 0.3) is 10.8 Å². The van der Waals surface area contributed by atoms with Gasteiger partial charge in [-0.05, 0) is 12.5 Å². The number of carbonyl (C=O) groups is 2. The molecule has 0 spiro atoms. The Labute approximate surface area is 179 Å². The minimum Gasteiger partial charge on any atom is -0.382 e. The van der Waals surface area contributed by atoms with E-state index in [1.165, 1.54) is 0 Å². The number of carbonyl (C=O) groups excluding carboxylic acids is 2. The van der Waals surface area contributed by atoms with E-state index in [1.54, 1.807) is 18.3 Å². The lowest BCUT2D eigenvalue weighted by Gasteiger charge is -2.22. The number of rotatable bonds is 10. The smallest absolute Gasteiger partial charge is 0.277 e. The maximum Gasteiger partial charge on any atom is 0.277 e. The lowest BCUT2D eigenvalue weighted by atomic mass is 10.1. The number of halogens is 1. The van der Waals surface area contributed by atoms with Gasteiger partial charge in [0.05, 0.1) is 38.0 Å². The van der Waals surface area contributed by atoms with Crippen LogP contribution in [0.3, 0.4) is 0 Å². The van der Waals surface area contributed by atoms with E-state index in [9.17, 15) is 14.4 Å². The van der Waals surface area contributed by atoms with Crippen LogP contribution in [0.15, 0.2) is 29.2 Å². The molecular weight excluding hydrogens is 414 g/mol. The number of hydrogen-bond donors (Lipinski definition) is 3. The van der Waals surface area contributed by atoms with Crippen LogP contribution in [0.4, 0.5) is 5.69 Å². The van der Waals surface area contributed by atoms with Gasteiger partial charge in [0.15, 0.2) is 0 Å². The molecule has 1 unspecified atom stereocenters. The van der Waals surface area contributed by atoms with Crippen LogP contribution in [0.1, 0.15) is 18.9 Å². The Bertz CT molecular complexity index is 935. The molecule has 11 heteroatoms. The lowest BCUT2D eigenvalue weighted by Crippen LogP contribution is -2.45. The highest BCUT2D eigenvalue weighted by Crippen LogP contribution is 2.21. The van der Waals surface area contributed by atoms with Crippen molar-refractivity contribution in [2.24, 2.45) is 5.73 Å². The summed E-state index contributed by atoms with van der Waals surface area (Å²) in [7, 11) is 0. The zero-order valence-electron chi connectivity index (χ0n) is 16.5. The number of piperidine rings is 1. The number of amides is 2. The predicted octanol–water partition coefficient (Wildman–Crippen LogP) is 0.200. The molecule has 2 aromatic rings. The highest BCUT2D eigenvalue weighted by atomic mass is 35.5. The van der Waals surface area contributed by atoms with Crippen molar-refractivity contribution in [3.8, 4) is 0 Å². The molecule has 0 saturated carbocycles. The van der Waals surface area contributed by atoms with Crippen LogP contribution >= 0.6 is 12.4 Å². The van der Waals surface area contributed by atoms with E-state index < -0.39 is 11.9 Å². The average molecular weight is 440 g/mol. The van der Waals surface area contributed by atoms with Crippen molar-refractivity contribution >= 4 is 40.7 Å². The van der Waals surface area contributed by atoms with Crippen molar-refractivity contribution in [1.29, 1.82) is 0 Å². The molecular formula is C19H26ClN5O5. The van der Waals surface area contributed by atoms with Crippen molar-refractivity contribution < 1.29 is 19.1 Å². The summed E-state index contributed by atoms with van der Waals surface area (Å²) in [6.45, 7) is 2.86. The minimum atomic E-state index is -0.797. The van der Waals surface area contributed by atoms with Crippen molar-refractivity contribution in [3.05, 3.63) is 34.7 Å². The van der Waals surface area contributed by atoms with E-state index in [2.05, 4.69) is 15.7 Å². The van der Waals surface area contributed by atoms with E-state index in [4.69, 9.17) is 15.2 Å². The highest BCUT2D eigenvalue weighted by molar-refractivity contribution is 5.99. The number of anilines is 1. The van der Waals surface area contributed by atoms with Crippen LogP contribution in [-0.4, -0.2) is 61.1 Å². The molecule has 0 radical (unpaired) electrons. The molecule has 2 amide bonds. The molecule has 1 aliphatic rings. The highest BCUT2D eigenvalue weighted by Gasteiger charge is 2.30. The molecule has 10 nitrogen and oxygen atoms in total. The van der Waals surface area contributed by atoms with Gasteiger partial charge in [0, 0.05) is 30.6 Å². The van der Waals surface area contributed by atoms with Crippen molar-refractivity contribution in [2.45, 2.75) is 18.9 Å². The first-order chi connectivity index (χ1) is 14.1. The van der Waals surface area contributed by atoms with Crippen LogP contribution < -0.4 is 21.9 Å². The average Bonchev–Trinajstić information content (AvgIpc) is 2.71. The SMILES string of the molecule is Cl.NCCOCCOCCNc1cccc2cnn(C3CCC(=O)NC3=O)c(=O)c12. The molecule has 4 N–H and O–H groups in total. The molecule has 0 bridgehead atoms. The predicted molar refractivity (Wildman–Crippen MR) is 114 cm³/mol. The maximum absolute atomic E-state index is 13.0. The summed E-state index contributed by atoms with van der Waals surface area (Å²) in [6, 6.07) is 4.61. The summed E-state index contributed by atoms with van der Waals surface area (Å²) in [5.74, 6) is -0.846. The standard InChI is InChI=1S/C19H25N5O5.ClH/c20-6-8-28-10-11-29-9-7-21-14-3-1-2-13-12-22-24(19(27)17(13)14)15-4-5-16(25)23-18(15)26;/h1-3,12,15,21H,4-11,20H2,(H,23,25,26);1H. The van der Waals surface area contributed by atoms with Crippen LogP contribution in [0, 0.1) is 0 Å². The monoisotopic (exact) mass is 439 g/mol. The number of imide groups is 1. The Morgan fingerprint density at radius 2 is 1.93 bits per heavy atom. The number of fused-ring (bicyclic) bond motifs is 1. The Morgan fingerprint density at radius 3 is 2.67 bits per heavy atom. The molecule has 2 heterocycles. The van der Waals surface area contributed by atoms with Gasteiger partial charge in [0.1, 0.15) is 6.04 Å². The van der Waals surface area contributed by atoms with E-state index in [0.717, 1.165) is 4.68 Å². The Hall–Kier alpha value is -2.53. The third kappa shape index (κ3) is 5.76. The van der Waals surface area contributed by atoms with Gasteiger partial charge in [-0.3, -0.25) is 19.7 Å². The van der Waals surface area contributed by atoms with Crippen molar-refractivity contribution in [2.75, 3.05) is 44.8 Å². The van der Waals surface area contributed by atoms with E-state index in [0.29, 0.717) is 56.0 Å². The molecule has 1 atom stereocenters. The molecule has 3 rings (SSSR count). The second-order valence-corrected chi connectivity index (χ2v) is 6.57. The van der Waals surface area contributed by atoms with Gasteiger partial charge in [-0.25, -0.2) is 4.68 Å². The quantitative estimate of drug-likeness (QED) is 0.352. The second kappa shape index (κ2) is 11.6. The second-order valence-electron chi connectivity index (χ2n) is 6.57. The van der Waals surface area contributed by atoms with Crippen LogP contribution in [0.5, 0.6) is 0 Å². The van der Waals surface area contributed by atoms with Gasteiger partial charge in [0.2, 0.25) is 5.91 Å². The molecule has 1 saturated heterocycles. The first-order valence-electron chi connectivity index (χ1n) is 9.55. The number of ether oxygens (including phenoxy) is 2. The Morgan fingerprint density at radius 1 is 1.17 bits per heavy atom. The third-order valence-electron chi connectivity index (χ3n) is 4.54. The number of benzene rings is 1. The molecule has 164 valence electrons. The van der Waals surface area contributed by atoms with Gasteiger partial charge in [-0.1, -0.05) is 12.1 Å². The largest absolute Gasteiger partial charge is 0.382 e. The fourth-order valence-corrected chi connectivity index (χ4v) is 3.16. The summed E-state index contributed by atoms with van der Waals surface area (Å²) in [5, 5.41) is 10.7. The Kier molecular flexibility index (Phi) is 9.18. The van der Waals surface area contributed by atoms with Crippen molar-refractivity contribution in [3.63, 3.8) is 0 Å². The molecule has 1 aliphatic heterocycles. The van der Waals surface area contributed by atoms with Crippen LogP contribution in [0.2, 0.25) is 0 Å². The molecule has 1 fully saturated rings. The van der Waals surface area contributed by atoms with Gasteiger partial charge in [-0.15, -0.1) is 12.4 Å². The summed E-state index contributed by atoms with van der Waals surface area (Å²) >= 11 is 0. The first-order valence-corrected chi connectivity index (χ1v) is 9.55. The fraction of sp³-hybridized carbons (Fsp3) is 0.474. The number of nitrogens with zero attached hydrogens (tertiary/aromatic N) is 2. The normalized spacial score (nSPS) is 16.2.